The highest BCUT2D eigenvalue weighted by molar-refractivity contribution is 6.05. The molecule has 0 unspecified atom stereocenters. The number of tetrazole rings is 1. The molecule has 3 aromatic rings. The van der Waals surface area contributed by atoms with Crippen molar-refractivity contribution in [2.24, 2.45) is 0 Å². The Bertz CT molecular complexity index is 1040. The van der Waals surface area contributed by atoms with Crippen LogP contribution in [0.25, 0.3) is 17.2 Å². The summed E-state index contributed by atoms with van der Waals surface area (Å²) in [7, 11) is 0. The number of rotatable bonds is 5. The SMILES string of the molecule is CC1=C(CCc2nn[nH]n2)c2cc(F)ccc2/C1=C/c1ccc(C(C)C)cc1. The fourth-order valence-electron chi connectivity index (χ4n) is 3.74. The van der Waals surface area contributed by atoms with Crippen LogP contribution in [-0.4, -0.2) is 20.6 Å². The molecule has 4 nitrogen and oxygen atoms in total. The fraction of sp³-hybridized carbons (Fsp3) is 0.261. The van der Waals surface area contributed by atoms with E-state index in [1.54, 1.807) is 6.07 Å². The predicted molar refractivity (Wildman–Crippen MR) is 110 cm³/mol. The smallest absolute Gasteiger partial charge is 0.174 e. The summed E-state index contributed by atoms with van der Waals surface area (Å²) in [6.45, 7) is 6.49. The van der Waals surface area contributed by atoms with E-state index in [4.69, 9.17) is 0 Å². The summed E-state index contributed by atoms with van der Waals surface area (Å²) in [5.74, 6) is 0.960. The topological polar surface area (TPSA) is 54.5 Å². The van der Waals surface area contributed by atoms with E-state index in [-0.39, 0.29) is 5.82 Å². The highest BCUT2D eigenvalue weighted by atomic mass is 19.1. The molecule has 1 aromatic heterocycles. The van der Waals surface area contributed by atoms with E-state index >= 15 is 0 Å². The number of hydrogen-bond donors (Lipinski definition) is 1. The maximum absolute atomic E-state index is 14.0. The van der Waals surface area contributed by atoms with Crippen molar-refractivity contribution in [1.82, 2.24) is 20.6 Å². The molecule has 0 radical (unpaired) electrons. The third-order valence-corrected chi connectivity index (χ3v) is 5.36. The van der Waals surface area contributed by atoms with E-state index in [2.05, 4.69) is 71.7 Å². The normalized spacial score (nSPS) is 15.0. The molecule has 0 aliphatic heterocycles. The van der Waals surface area contributed by atoms with Crippen LogP contribution in [0.5, 0.6) is 0 Å². The van der Waals surface area contributed by atoms with Crippen LogP contribution in [0, 0.1) is 5.82 Å². The lowest BCUT2D eigenvalue weighted by Crippen LogP contribution is -1.92. The minimum atomic E-state index is -0.217. The first kappa shape index (κ1) is 18.3. The van der Waals surface area contributed by atoms with Crippen molar-refractivity contribution < 1.29 is 4.39 Å². The first-order valence-electron chi connectivity index (χ1n) is 9.57. The van der Waals surface area contributed by atoms with Gasteiger partial charge in [-0.3, -0.25) is 0 Å². The van der Waals surface area contributed by atoms with Gasteiger partial charge in [0.25, 0.3) is 0 Å². The van der Waals surface area contributed by atoms with Gasteiger partial charge in [-0.2, -0.15) is 5.21 Å². The van der Waals surface area contributed by atoms with Gasteiger partial charge in [0.05, 0.1) is 0 Å². The van der Waals surface area contributed by atoms with Gasteiger partial charge in [-0.15, -0.1) is 10.2 Å². The van der Waals surface area contributed by atoms with Crippen molar-refractivity contribution in [2.75, 3.05) is 0 Å². The van der Waals surface area contributed by atoms with Crippen molar-refractivity contribution in [1.29, 1.82) is 0 Å². The van der Waals surface area contributed by atoms with Gasteiger partial charge in [-0.1, -0.05) is 49.4 Å². The van der Waals surface area contributed by atoms with E-state index in [0.29, 0.717) is 18.2 Å². The molecule has 2 aromatic carbocycles. The largest absolute Gasteiger partial charge is 0.207 e. The van der Waals surface area contributed by atoms with Crippen LogP contribution in [0.2, 0.25) is 0 Å². The Morgan fingerprint density at radius 1 is 1.04 bits per heavy atom. The van der Waals surface area contributed by atoms with Crippen molar-refractivity contribution in [2.45, 2.75) is 39.5 Å². The molecule has 142 valence electrons. The second-order valence-electron chi connectivity index (χ2n) is 7.50. The van der Waals surface area contributed by atoms with Gasteiger partial charge in [0.15, 0.2) is 5.82 Å². The summed E-state index contributed by atoms with van der Waals surface area (Å²) < 4.78 is 14.0. The average molecular weight is 374 g/mol. The third kappa shape index (κ3) is 3.52. The lowest BCUT2D eigenvalue weighted by molar-refractivity contribution is 0.627. The van der Waals surface area contributed by atoms with Crippen molar-refractivity contribution in [3.05, 3.63) is 81.9 Å². The highest BCUT2D eigenvalue weighted by Gasteiger charge is 2.24. The Morgan fingerprint density at radius 3 is 2.50 bits per heavy atom. The number of allylic oxidation sites excluding steroid dienone is 3. The van der Waals surface area contributed by atoms with Crippen LogP contribution < -0.4 is 0 Å². The Balaban J connectivity index is 1.71. The Morgan fingerprint density at radius 2 is 1.82 bits per heavy atom. The molecule has 0 saturated carbocycles. The predicted octanol–water partition coefficient (Wildman–Crippen LogP) is 5.42. The standard InChI is InChI=1S/C23H23FN4/c1-14(2)17-6-4-16(5-7-17)12-21-15(3)19(10-11-23-25-27-28-26-23)22-13-18(24)8-9-20(21)22/h4-9,12-14H,10-11H2,1-3H3,(H,25,26,27,28)/b21-12+. The molecule has 0 amide bonds. The maximum atomic E-state index is 14.0. The van der Waals surface area contributed by atoms with E-state index in [1.165, 1.54) is 17.2 Å². The molecule has 1 aliphatic carbocycles. The molecular weight excluding hydrogens is 351 g/mol. The van der Waals surface area contributed by atoms with Gasteiger partial charge in [-0.05, 0) is 76.4 Å². The van der Waals surface area contributed by atoms with Gasteiger partial charge >= 0.3 is 0 Å². The molecule has 5 heteroatoms. The van der Waals surface area contributed by atoms with Crippen LogP contribution in [0.4, 0.5) is 4.39 Å². The first-order valence-corrected chi connectivity index (χ1v) is 9.57. The second-order valence-corrected chi connectivity index (χ2v) is 7.50. The Labute approximate surface area is 164 Å². The van der Waals surface area contributed by atoms with Crippen molar-refractivity contribution in [3.8, 4) is 0 Å². The summed E-state index contributed by atoms with van der Waals surface area (Å²) >= 11 is 0. The maximum Gasteiger partial charge on any atom is 0.174 e. The molecule has 1 aliphatic rings. The summed E-state index contributed by atoms with van der Waals surface area (Å²) in [5, 5.41) is 14.1. The number of H-pyrrole nitrogens is 1. The molecule has 0 saturated heterocycles. The number of aromatic amines is 1. The number of nitrogens with zero attached hydrogens (tertiary/aromatic N) is 3. The lowest BCUT2D eigenvalue weighted by Gasteiger charge is -2.07. The molecule has 0 fully saturated rings. The quantitative estimate of drug-likeness (QED) is 0.648. The van der Waals surface area contributed by atoms with Gasteiger partial charge < -0.3 is 0 Å². The number of aromatic nitrogens is 4. The third-order valence-electron chi connectivity index (χ3n) is 5.36. The van der Waals surface area contributed by atoms with Crippen LogP contribution in [0.15, 0.2) is 48.0 Å². The molecule has 1 heterocycles. The number of aryl methyl sites for hydroxylation is 1. The summed E-state index contributed by atoms with van der Waals surface area (Å²) in [4.78, 5) is 0. The van der Waals surface area contributed by atoms with Crippen molar-refractivity contribution >= 4 is 17.2 Å². The molecule has 0 atom stereocenters. The number of halogens is 1. The molecular formula is C23H23FN4. The summed E-state index contributed by atoms with van der Waals surface area (Å²) in [6.07, 6.45) is 3.60. The summed E-state index contributed by atoms with van der Waals surface area (Å²) in [5.41, 5.74) is 7.98. The minimum Gasteiger partial charge on any atom is -0.207 e. The zero-order chi connectivity index (χ0) is 19.7. The van der Waals surface area contributed by atoms with E-state index in [0.717, 1.165) is 34.3 Å². The lowest BCUT2D eigenvalue weighted by atomic mass is 9.98. The zero-order valence-corrected chi connectivity index (χ0v) is 16.3. The van der Waals surface area contributed by atoms with Gasteiger partial charge in [0.2, 0.25) is 0 Å². The van der Waals surface area contributed by atoms with Crippen LogP contribution in [0.3, 0.4) is 0 Å². The van der Waals surface area contributed by atoms with Crippen LogP contribution in [-0.2, 0) is 6.42 Å². The minimum absolute atomic E-state index is 0.217. The van der Waals surface area contributed by atoms with Gasteiger partial charge in [0.1, 0.15) is 5.82 Å². The van der Waals surface area contributed by atoms with Gasteiger partial charge in [-0.25, -0.2) is 4.39 Å². The number of nitrogens with one attached hydrogen (secondary N) is 1. The first-order chi connectivity index (χ1) is 13.5. The highest BCUT2D eigenvalue weighted by Crippen LogP contribution is 2.44. The Kier molecular flexibility index (Phi) is 4.90. The number of benzene rings is 2. The second kappa shape index (κ2) is 7.50. The number of fused-ring (bicyclic) bond motifs is 1. The van der Waals surface area contributed by atoms with Crippen LogP contribution >= 0.6 is 0 Å². The molecule has 4 rings (SSSR count). The van der Waals surface area contributed by atoms with Gasteiger partial charge in [0, 0.05) is 6.42 Å². The zero-order valence-electron chi connectivity index (χ0n) is 16.3. The molecule has 28 heavy (non-hydrogen) atoms. The van der Waals surface area contributed by atoms with Crippen LogP contribution in [0.1, 0.15) is 61.2 Å². The average Bonchev–Trinajstić information content (AvgIpc) is 3.28. The fourth-order valence-corrected chi connectivity index (χ4v) is 3.74. The molecule has 0 spiro atoms. The van der Waals surface area contributed by atoms with E-state index in [1.807, 2.05) is 6.07 Å². The molecule has 1 N–H and O–H groups in total. The van der Waals surface area contributed by atoms with E-state index < -0.39 is 0 Å². The number of hydrogen-bond acceptors (Lipinski definition) is 3. The monoisotopic (exact) mass is 374 g/mol. The Hall–Kier alpha value is -3.08. The summed E-state index contributed by atoms with van der Waals surface area (Å²) in [6, 6.07) is 13.7. The van der Waals surface area contributed by atoms with Crippen molar-refractivity contribution in [3.63, 3.8) is 0 Å². The van der Waals surface area contributed by atoms with E-state index in [9.17, 15) is 4.39 Å². The molecule has 0 bridgehead atoms.